The number of aromatic nitrogens is 4. The molecule has 0 radical (unpaired) electrons. The molecule has 0 saturated carbocycles. The van der Waals surface area contributed by atoms with E-state index in [1.54, 1.807) is 5.57 Å². The highest BCUT2D eigenvalue weighted by molar-refractivity contribution is 6.13. The maximum absolute atomic E-state index is 5.03. The lowest BCUT2D eigenvalue weighted by atomic mass is 9.78. The number of benzene rings is 5. The van der Waals surface area contributed by atoms with Gasteiger partial charge in [-0.05, 0) is 47.7 Å². The van der Waals surface area contributed by atoms with Crippen LogP contribution in [0.1, 0.15) is 37.8 Å². The van der Waals surface area contributed by atoms with Crippen molar-refractivity contribution in [3.05, 3.63) is 150 Å². The molecule has 2 aliphatic carbocycles. The van der Waals surface area contributed by atoms with E-state index in [2.05, 4.69) is 91.2 Å². The third-order valence-corrected chi connectivity index (χ3v) is 9.74. The van der Waals surface area contributed by atoms with E-state index in [-0.39, 0.29) is 5.41 Å². The summed E-state index contributed by atoms with van der Waals surface area (Å²) in [7, 11) is 0. The van der Waals surface area contributed by atoms with Crippen molar-refractivity contribution in [1.82, 2.24) is 19.5 Å². The van der Waals surface area contributed by atoms with E-state index < -0.39 is 0 Å². The van der Waals surface area contributed by atoms with Crippen molar-refractivity contribution in [1.29, 1.82) is 0 Å². The Morgan fingerprint density at radius 1 is 0.609 bits per heavy atom. The first kappa shape index (κ1) is 26.8. The molecule has 0 N–H and O–H groups in total. The lowest BCUT2D eigenvalue weighted by Crippen LogP contribution is -2.19. The monoisotopic (exact) mass is 592 g/mol. The molecule has 0 saturated heterocycles. The Hall–Kier alpha value is -5.61. The lowest BCUT2D eigenvalue weighted by Gasteiger charge is -2.27. The average molecular weight is 593 g/mol. The third kappa shape index (κ3) is 4.03. The summed E-state index contributed by atoms with van der Waals surface area (Å²) in [6.07, 6.45) is 6.89. The van der Waals surface area contributed by atoms with Crippen molar-refractivity contribution >= 4 is 27.4 Å². The molecule has 2 aliphatic rings. The van der Waals surface area contributed by atoms with Crippen LogP contribution in [0.5, 0.6) is 0 Å². The maximum atomic E-state index is 5.03. The fourth-order valence-corrected chi connectivity index (χ4v) is 7.62. The van der Waals surface area contributed by atoms with Crippen molar-refractivity contribution < 1.29 is 0 Å². The minimum atomic E-state index is -0.0674. The van der Waals surface area contributed by atoms with Crippen LogP contribution in [0.25, 0.3) is 67.2 Å². The zero-order valence-electron chi connectivity index (χ0n) is 25.9. The van der Waals surface area contributed by atoms with Crippen LogP contribution in [0.15, 0.2) is 139 Å². The fraction of sp³-hybridized carbons (Fsp3) is 0.119. The summed E-state index contributed by atoms with van der Waals surface area (Å²) in [6.45, 7) is 4.82. The number of allylic oxidation sites excluding steroid dienone is 4. The second kappa shape index (κ2) is 10.2. The number of fused-ring (bicyclic) bond motifs is 6. The molecule has 0 unspecified atom stereocenters. The van der Waals surface area contributed by atoms with Crippen LogP contribution in [0.4, 0.5) is 0 Å². The molecule has 46 heavy (non-hydrogen) atoms. The summed E-state index contributed by atoms with van der Waals surface area (Å²) in [4.78, 5) is 15.0. The van der Waals surface area contributed by atoms with Gasteiger partial charge in [-0.15, -0.1) is 0 Å². The van der Waals surface area contributed by atoms with Crippen LogP contribution in [-0.2, 0) is 5.41 Å². The van der Waals surface area contributed by atoms with Crippen LogP contribution in [0.2, 0.25) is 0 Å². The number of nitrogens with zero attached hydrogens (tertiary/aromatic N) is 4. The minimum Gasteiger partial charge on any atom is -0.309 e. The first-order valence-corrected chi connectivity index (χ1v) is 16.0. The van der Waals surface area contributed by atoms with E-state index in [1.165, 1.54) is 38.5 Å². The van der Waals surface area contributed by atoms with Gasteiger partial charge in [-0.1, -0.05) is 135 Å². The topological polar surface area (TPSA) is 43.6 Å². The summed E-state index contributed by atoms with van der Waals surface area (Å²) < 4.78 is 2.47. The Kier molecular flexibility index (Phi) is 5.94. The van der Waals surface area contributed by atoms with Crippen molar-refractivity contribution in [2.24, 2.45) is 0 Å². The number of para-hydroxylation sites is 1. The molecule has 220 valence electrons. The molecule has 0 atom stereocenters. The van der Waals surface area contributed by atoms with Gasteiger partial charge in [-0.3, -0.25) is 0 Å². The van der Waals surface area contributed by atoms with E-state index in [0.717, 1.165) is 35.2 Å². The zero-order valence-corrected chi connectivity index (χ0v) is 25.9. The van der Waals surface area contributed by atoms with E-state index in [4.69, 9.17) is 15.0 Å². The Labute approximate surface area is 268 Å². The summed E-state index contributed by atoms with van der Waals surface area (Å²) >= 11 is 0. The Bertz CT molecular complexity index is 2320. The van der Waals surface area contributed by atoms with Crippen molar-refractivity contribution in [3.8, 4) is 39.9 Å². The van der Waals surface area contributed by atoms with Gasteiger partial charge in [0, 0.05) is 38.6 Å². The van der Waals surface area contributed by atoms with E-state index in [0.29, 0.717) is 17.5 Å². The van der Waals surface area contributed by atoms with Crippen molar-refractivity contribution in [2.75, 3.05) is 0 Å². The molecule has 4 heteroatoms. The Morgan fingerprint density at radius 3 is 1.96 bits per heavy atom. The zero-order chi connectivity index (χ0) is 30.8. The highest BCUT2D eigenvalue weighted by Gasteiger charge is 2.40. The van der Waals surface area contributed by atoms with E-state index >= 15 is 0 Å². The van der Waals surface area contributed by atoms with Crippen LogP contribution in [-0.4, -0.2) is 19.5 Å². The smallest absolute Gasteiger partial charge is 0.164 e. The Balaban J connectivity index is 1.28. The SMILES string of the molecule is CC1(C)C2=C(C=CCC2)c2ccc3c4ccccc4n(-c4cccc(-c5nc(-c6ccccc6)nc(-c6ccccc6)n5)c4)c3c21. The van der Waals surface area contributed by atoms with Crippen molar-refractivity contribution in [2.45, 2.75) is 32.1 Å². The summed E-state index contributed by atoms with van der Waals surface area (Å²) in [5, 5.41) is 2.55. The summed E-state index contributed by atoms with van der Waals surface area (Å²) in [5.41, 5.74) is 12.1. The van der Waals surface area contributed by atoms with Crippen LogP contribution < -0.4 is 0 Å². The molecule has 0 spiro atoms. The Morgan fingerprint density at radius 2 is 1.24 bits per heavy atom. The van der Waals surface area contributed by atoms with Gasteiger partial charge in [0.1, 0.15) is 0 Å². The maximum Gasteiger partial charge on any atom is 0.164 e. The van der Waals surface area contributed by atoms with Gasteiger partial charge in [0.2, 0.25) is 0 Å². The number of hydrogen-bond donors (Lipinski definition) is 0. The van der Waals surface area contributed by atoms with Crippen LogP contribution in [0.3, 0.4) is 0 Å². The molecule has 2 aromatic heterocycles. The molecule has 7 aromatic rings. The second-order valence-corrected chi connectivity index (χ2v) is 12.8. The molecular weight excluding hydrogens is 560 g/mol. The normalized spacial score (nSPS) is 15.0. The highest BCUT2D eigenvalue weighted by Crippen LogP contribution is 2.53. The molecule has 4 nitrogen and oxygen atoms in total. The average Bonchev–Trinajstić information content (AvgIpc) is 3.57. The fourth-order valence-electron chi connectivity index (χ4n) is 7.62. The predicted molar refractivity (Wildman–Crippen MR) is 189 cm³/mol. The quantitative estimate of drug-likeness (QED) is 0.204. The van der Waals surface area contributed by atoms with E-state index in [1.807, 2.05) is 60.7 Å². The number of hydrogen-bond acceptors (Lipinski definition) is 3. The van der Waals surface area contributed by atoms with Gasteiger partial charge in [0.25, 0.3) is 0 Å². The minimum absolute atomic E-state index is 0.0674. The molecule has 0 bridgehead atoms. The van der Waals surface area contributed by atoms with Gasteiger partial charge in [-0.2, -0.15) is 0 Å². The molecule has 2 heterocycles. The first-order chi connectivity index (χ1) is 22.6. The van der Waals surface area contributed by atoms with Crippen molar-refractivity contribution in [3.63, 3.8) is 0 Å². The summed E-state index contributed by atoms with van der Waals surface area (Å²) in [6, 6.07) is 42.4. The van der Waals surface area contributed by atoms with Gasteiger partial charge in [0.05, 0.1) is 11.0 Å². The van der Waals surface area contributed by atoms with Crippen LogP contribution >= 0.6 is 0 Å². The molecule has 0 aliphatic heterocycles. The molecular formula is C42H32N4. The molecule has 5 aromatic carbocycles. The summed E-state index contributed by atoms with van der Waals surface area (Å²) in [5.74, 6) is 1.98. The first-order valence-electron chi connectivity index (χ1n) is 16.0. The third-order valence-electron chi connectivity index (χ3n) is 9.74. The van der Waals surface area contributed by atoms with Crippen LogP contribution in [0, 0.1) is 0 Å². The standard InChI is InChI=1S/C42H32N4/c1-42(2)35-22-11-9-20-31(35)33-24-25-34-32-21-10-12-23-36(32)46(38(34)37(33)42)30-19-13-18-29(26-30)41-44-39(27-14-5-3-6-15-27)43-40(45-41)28-16-7-4-8-17-28/h3-10,12-21,23-26H,11,22H2,1-2H3. The molecule has 0 amide bonds. The number of rotatable bonds is 4. The van der Waals surface area contributed by atoms with Gasteiger partial charge < -0.3 is 4.57 Å². The van der Waals surface area contributed by atoms with Gasteiger partial charge in [0.15, 0.2) is 17.5 Å². The molecule has 9 rings (SSSR count). The lowest BCUT2D eigenvalue weighted by molar-refractivity contribution is 0.610. The van der Waals surface area contributed by atoms with Gasteiger partial charge >= 0.3 is 0 Å². The highest BCUT2D eigenvalue weighted by atomic mass is 15.0. The molecule has 0 fully saturated rings. The van der Waals surface area contributed by atoms with Gasteiger partial charge in [-0.25, -0.2) is 15.0 Å². The van der Waals surface area contributed by atoms with E-state index in [9.17, 15) is 0 Å². The largest absolute Gasteiger partial charge is 0.309 e. The second-order valence-electron chi connectivity index (χ2n) is 12.8. The predicted octanol–water partition coefficient (Wildman–Crippen LogP) is 10.4.